The number of hydrogen-bond donors (Lipinski definition) is 1. The maximum atomic E-state index is 11.2. The molecule has 0 saturated carbocycles. The van der Waals surface area contributed by atoms with Gasteiger partial charge < -0.3 is 14.7 Å². The Morgan fingerprint density at radius 1 is 1.22 bits per heavy atom. The zero-order valence-corrected chi connectivity index (χ0v) is 14.5. The highest BCUT2D eigenvalue weighted by Gasteiger charge is 2.33. The first-order valence-electron chi connectivity index (χ1n) is 8.19. The molecule has 7 nitrogen and oxygen atoms in total. The Hall–Kier alpha value is -1.12. The molecule has 2 fully saturated rings. The molecule has 23 heavy (non-hydrogen) atoms. The number of amides is 1. The van der Waals surface area contributed by atoms with Gasteiger partial charge >= 0.3 is 6.09 Å². The summed E-state index contributed by atoms with van der Waals surface area (Å²) in [4.78, 5) is 15.2. The molecule has 2 saturated heterocycles. The first-order valence-corrected chi connectivity index (χ1v) is 8.98. The predicted molar refractivity (Wildman–Crippen MR) is 86.5 cm³/mol. The van der Waals surface area contributed by atoms with Gasteiger partial charge in [0.25, 0.3) is 0 Å². The molecule has 4 heterocycles. The molecule has 1 aromatic rings. The second-order valence-corrected chi connectivity index (χ2v) is 7.32. The van der Waals surface area contributed by atoms with Gasteiger partial charge in [-0.1, -0.05) is 0 Å². The van der Waals surface area contributed by atoms with E-state index >= 15 is 0 Å². The molecule has 1 aromatic heterocycles. The Morgan fingerprint density at radius 3 is 2.57 bits per heavy atom. The van der Waals surface area contributed by atoms with Crippen LogP contribution in [-0.4, -0.2) is 69.7 Å². The molecule has 0 atom stereocenters. The molecule has 0 radical (unpaired) electrons. The molecule has 126 valence electrons. The lowest BCUT2D eigenvalue weighted by Crippen LogP contribution is -2.52. The number of rotatable bonds is 2. The number of ether oxygens (including phenoxy) is 1. The van der Waals surface area contributed by atoms with Crippen LogP contribution in [0.3, 0.4) is 0 Å². The van der Waals surface area contributed by atoms with Crippen LogP contribution in [-0.2, 0) is 17.7 Å². The Labute approximate surface area is 143 Å². The van der Waals surface area contributed by atoms with Crippen molar-refractivity contribution in [2.24, 2.45) is 0 Å². The first-order chi connectivity index (χ1) is 11.1. The van der Waals surface area contributed by atoms with Crippen LogP contribution in [0.25, 0.3) is 0 Å². The Kier molecular flexibility index (Phi) is 4.07. The average Bonchev–Trinajstić information content (AvgIpc) is 2.83. The summed E-state index contributed by atoms with van der Waals surface area (Å²) in [6.07, 6.45) is 2.09. The van der Waals surface area contributed by atoms with E-state index in [2.05, 4.69) is 30.6 Å². The molecule has 0 unspecified atom stereocenters. The topological polar surface area (TPSA) is 70.8 Å². The zero-order valence-electron chi connectivity index (χ0n) is 12.9. The first kappa shape index (κ1) is 15.4. The van der Waals surface area contributed by atoms with Crippen molar-refractivity contribution in [3.63, 3.8) is 0 Å². The fourth-order valence-electron chi connectivity index (χ4n) is 3.80. The van der Waals surface area contributed by atoms with Crippen LogP contribution in [0.2, 0.25) is 0 Å². The summed E-state index contributed by atoms with van der Waals surface area (Å²) in [5, 5.41) is 13.9. The lowest BCUT2D eigenvalue weighted by molar-refractivity contribution is -0.0735. The van der Waals surface area contributed by atoms with Crippen molar-refractivity contribution in [3.8, 4) is 0 Å². The second kappa shape index (κ2) is 6.07. The van der Waals surface area contributed by atoms with E-state index in [4.69, 9.17) is 4.74 Å². The molecular formula is C15H21BrN4O3. The van der Waals surface area contributed by atoms with E-state index in [1.165, 1.54) is 10.6 Å². The van der Waals surface area contributed by atoms with Crippen molar-refractivity contribution < 1.29 is 14.6 Å². The van der Waals surface area contributed by atoms with Crippen molar-refractivity contribution in [2.75, 3.05) is 32.8 Å². The number of halogens is 1. The largest absolute Gasteiger partial charge is 0.465 e. The third-order valence-electron chi connectivity index (χ3n) is 5.29. The second-order valence-electron chi connectivity index (χ2n) is 6.57. The molecule has 0 aliphatic carbocycles. The molecule has 4 rings (SSSR count). The van der Waals surface area contributed by atoms with Gasteiger partial charge in [0.05, 0.1) is 31.8 Å². The number of piperidine rings is 1. The Morgan fingerprint density at radius 2 is 1.96 bits per heavy atom. The number of likely N-dealkylation sites (tertiary alicyclic amines) is 1. The van der Waals surface area contributed by atoms with Crippen LogP contribution in [0, 0.1) is 0 Å². The fourth-order valence-corrected chi connectivity index (χ4v) is 4.33. The molecule has 3 aliphatic heterocycles. The van der Waals surface area contributed by atoms with Crippen LogP contribution >= 0.6 is 15.9 Å². The highest BCUT2D eigenvalue weighted by Crippen LogP contribution is 2.32. The number of aromatic nitrogens is 2. The summed E-state index contributed by atoms with van der Waals surface area (Å²) in [5.41, 5.74) is 2.24. The Balaban J connectivity index is 1.48. The molecule has 3 aliphatic rings. The standard InChI is InChI=1S/C15H21BrN4O3/c16-14-12-7-19(15(21)22)6-3-13(12)20(17-14)10-1-4-18(5-2-10)11-8-23-9-11/h10-11H,1-9H2,(H,21,22). The number of carbonyl (C=O) groups is 1. The molecule has 1 amide bonds. The van der Waals surface area contributed by atoms with Gasteiger partial charge in [0.15, 0.2) is 0 Å². The van der Waals surface area contributed by atoms with E-state index in [1.54, 1.807) is 0 Å². The van der Waals surface area contributed by atoms with Crippen LogP contribution in [0.1, 0.15) is 30.1 Å². The third kappa shape index (κ3) is 2.77. The van der Waals surface area contributed by atoms with Gasteiger partial charge in [-0.05, 0) is 28.8 Å². The smallest absolute Gasteiger partial charge is 0.407 e. The minimum absolute atomic E-state index is 0.420. The van der Waals surface area contributed by atoms with Crippen molar-refractivity contribution in [3.05, 3.63) is 15.9 Å². The van der Waals surface area contributed by atoms with Crippen molar-refractivity contribution >= 4 is 22.0 Å². The van der Waals surface area contributed by atoms with Crippen LogP contribution < -0.4 is 0 Å². The van der Waals surface area contributed by atoms with Crippen molar-refractivity contribution in [1.82, 2.24) is 19.6 Å². The summed E-state index contributed by atoms with van der Waals surface area (Å²) in [5.74, 6) is 0. The molecule has 0 bridgehead atoms. The minimum atomic E-state index is -0.855. The third-order valence-corrected chi connectivity index (χ3v) is 5.93. The van der Waals surface area contributed by atoms with Gasteiger partial charge in [0.2, 0.25) is 0 Å². The average molecular weight is 385 g/mol. The van der Waals surface area contributed by atoms with Gasteiger partial charge in [0, 0.05) is 37.3 Å². The lowest BCUT2D eigenvalue weighted by Gasteiger charge is -2.41. The molecule has 0 spiro atoms. The summed E-state index contributed by atoms with van der Waals surface area (Å²) >= 11 is 3.52. The molecule has 8 heteroatoms. The molecular weight excluding hydrogens is 364 g/mol. The SMILES string of the molecule is O=C(O)N1CCc2c(c(Br)nn2C2CCN(C3COC3)CC2)C1. The normalized spacial score (nSPS) is 23.6. The predicted octanol–water partition coefficient (Wildman–Crippen LogP) is 1.72. The quantitative estimate of drug-likeness (QED) is 0.840. The maximum Gasteiger partial charge on any atom is 0.407 e. The fraction of sp³-hybridized carbons (Fsp3) is 0.733. The summed E-state index contributed by atoms with van der Waals surface area (Å²) in [7, 11) is 0. The van der Waals surface area contributed by atoms with E-state index in [0.29, 0.717) is 25.2 Å². The van der Waals surface area contributed by atoms with Gasteiger partial charge in [0.1, 0.15) is 4.60 Å². The van der Waals surface area contributed by atoms with E-state index in [0.717, 1.165) is 55.7 Å². The van der Waals surface area contributed by atoms with Gasteiger partial charge in [-0.2, -0.15) is 5.10 Å². The summed E-state index contributed by atoms with van der Waals surface area (Å²) < 4.78 is 8.25. The lowest BCUT2D eigenvalue weighted by atomic mass is 10.0. The van der Waals surface area contributed by atoms with Crippen molar-refractivity contribution in [1.29, 1.82) is 0 Å². The van der Waals surface area contributed by atoms with E-state index < -0.39 is 6.09 Å². The highest BCUT2D eigenvalue weighted by molar-refractivity contribution is 9.10. The minimum Gasteiger partial charge on any atom is -0.465 e. The van der Waals surface area contributed by atoms with Gasteiger partial charge in [-0.3, -0.25) is 9.58 Å². The summed E-state index contributed by atoms with van der Waals surface area (Å²) in [6, 6.07) is 1.03. The van der Waals surface area contributed by atoms with E-state index in [1.807, 2.05) is 0 Å². The zero-order chi connectivity index (χ0) is 16.0. The monoisotopic (exact) mass is 384 g/mol. The molecule has 1 N–H and O–H groups in total. The molecule has 0 aromatic carbocycles. The van der Waals surface area contributed by atoms with E-state index in [-0.39, 0.29) is 0 Å². The number of carboxylic acid groups (broad SMARTS) is 1. The van der Waals surface area contributed by atoms with E-state index in [9.17, 15) is 9.90 Å². The number of hydrogen-bond acceptors (Lipinski definition) is 4. The number of nitrogens with zero attached hydrogens (tertiary/aromatic N) is 4. The van der Waals surface area contributed by atoms with Crippen LogP contribution in [0.5, 0.6) is 0 Å². The highest BCUT2D eigenvalue weighted by atomic mass is 79.9. The van der Waals surface area contributed by atoms with Crippen LogP contribution in [0.15, 0.2) is 4.60 Å². The van der Waals surface area contributed by atoms with Crippen molar-refractivity contribution in [2.45, 2.75) is 37.9 Å². The number of fused-ring (bicyclic) bond motifs is 1. The van der Waals surface area contributed by atoms with Gasteiger partial charge in [-0.15, -0.1) is 0 Å². The summed E-state index contributed by atoms with van der Waals surface area (Å²) in [6.45, 7) is 4.91. The van der Waals surface area contributed by atoms with Crippen LogP contribution in [0.4, 0.5) is 4.79 Å². The Bertz CT molecular complexity index is 608. The van der Waals surface area contributed by atoms with Gasteiger partial charge in [-0.25, -0.2) is 4.79 Å². The maximum absolute atomic E-state index is 11.2.